The fraction of sp³-hybridized carbons (Fsp3) is 0.200. The van der Waals surface area contributed by atoms with Crippen molar-refractivity contribution < 1.29 is 4.79 Å². The SMILES string of the molecule is O=[C]NCc1nccs1. The summed E-state index contributed by atoms with van der Waals surface area (Å²) in [6.07, 6.45) is 3.27. The van der Waals surface area contributed by atoms with Gasteiger partial charge in [0.1, 0.15) is 5.01 Å². The standard InChI is InChI=1S/C5H5N2OS/c8-4-6-3-5-7-1-2-9-5/h1-2H,3H2,(H,6,8). The molecular formula is C5H5N2OS. The quantitative estimate of drug-likeness (QED) is 0.615. The van der Waals surface area contributed by atoms with Gasteiger partial charge in [-0.1, -0.05) is 0 Å². The molecule has 0 unspecified atom stereocenters. The maximum absolute atomic E-state index is 9.64. The Morgan fingerprint density at radius 1 is 1.89 bits per heavy atom. The Hall–Kier alpha value is -0.900. The van der Waals surface area contributed by atoms with Gasteiger partial charge in [0.25, 0.3) is 0 Å². The van der Waals surface area contributed by atoms with Crippen LogP contribution in [-0.2, 0) is 11.3 Å². The lowest BCUT2D eigenvalue weighted by atomic mass is 10.7. The summed E-state index contributed by atoms with van der Waals surface area (Å²) in [6.45, 7) is 0.487. The van der Waals surface area contributed by atoms with E-state index in [0.29, 0.717) is 6.54 Å². The zero-order chi connectivity index (χ0) is 6.53. The minimum Gasteiger partial charge on any atom is -0.341 e. The van der Waals surface area contributed by atoms with Crippen molar-refractivity contribution in [1.29, 1.82) is 0 Å². The maximum atomic E-state index is 9.64. The third-order valence-electron chi connectivity index (χ3n) is 0.795. The minimum absolute atomic E-state index is 0.487. The smallest absolute Gasteiger partial charge is 0.309 e. The van der Waals surface area contributed by atoms with Crippen molar-refractivity contribution in [3.8, 4) is 0 Å². The molecule has 1 aromatic heterocycles. The van der Waals surface area contributed by atoms with E-state index in [4.69, 9.17) is 0 Å². The number of nitrogens with one attached hydrogen (secondary N) is 1. The number of nitrogens with zero attached hydrogens (tertiary/aromatic N) is 1. The first-order chi connectivity index (χ1) is 4.43. The molecule has 0 aliphatic heterocycles. The summed E-state index contributed by atoms with van der Waals surface area (Å²) in [6, 6.07) is 0. The largest absolute Gasteiger partial charge is 0.341 e. The van der Waals surface area contributed by atoms with Crippen LogP contribution in [-0.4, -0.2) is 11.4 Å². The maximum Gasteiger partial charge on any atom is 0.309 e. The van der Waals surface area contributed by atoms with Crippen molar-refractivity contribution in [2.45, 2.75) is 6.54 Å². The number of aromatic nitrogens is 1. The van der Waals surface area contributed by atoms with Crippen LogP contribution in [0.1, 0.15) is 5.01 Å². The van der Waals surface area contributed by atoms with Crippen LogP contribution in [0.15, 0.2) is 11.6 Å². The van der Waals surface area contributed by atoms with E-state index in [9.17, 15) is 4.79 Å². The van der Waals surface area contributed by atoms with E-state index >= 15 is 0 Å². The van der Waals surface area contributed by atoms with E-state index in [1.807, 2.05) is 5.38 Å². The topological polar surface area (TPSA) is 42.0 Å². The molecule has 1 rings (SSSR count). The predicted octanol–water partition coefficient (Wildman–Crippen LogP) is 0.300. The number of carbonyl (C=O) groups excluding carboxylic acids is 1. The summed E-state index contributed by atoms with van der Waals surface area (Å²) in [5, 5.41) is 5.16. The molecule has 1 heterocycles. The van der Waals surface area contributed by atoms with Gasteiger partial charge in [0.15, 0.2) is 0 Å². The summed E-state index contributed by atoms with van der Waals surface area (Å²) in [4.78, 5) is 13.6. The van der Waals surface area contributed by atoms with Crippen LogP contribution in [0.25, 0.3) is 0 Å². The molecule has 47 valence electrons. The Morgan fingerprint density at radius 3 is 3.33 bits per heavy atom. The molecule has 1 aromatic rings. The minimum atomic E-state index is 0.487. The zero-order valence-corrected chi connectivity index (χ0v) is 5.44. The molecule has 1 N–H and O–H groups in total. The van der Waals surface area contributed by atoms with Gasteiger partial charge in [-0.25, -0.2) is 4.98 Å². The van der Waals surface area contributed by atoms with Crippen LogP contribution >= 0.6 is 11.3 Å². The van der Waals surface area contributed by atoms with Crippen LogP contribution < -0.4 is 5.32 Å². The van der Waals surface area contributed by atoms with E-state index < -0.39 is 0 Å². The van der Waals surface area contributed by atoms with Crippen LogP contribution in [0, 0.1) is 0 Å². The average Bonchev–Trinajstić information content (AvgIpc) is 2.34. The molecule has 3 nitrogen and oxygen atoms in total. The molecule has 0 bridgehead atoms. The molecule has 0 aliphatic rings. The Bertz CT molecular complexity index is 173. The van der Waals surface area contributed by atoms with E-state index in [2.05, 4.69) is 10.3 Å². The van der Waals surface area contributed by atoms with E-state index in [-0.39, 0.29) is 0 Å². The van der Waals surface area contributed by atoms with Gasteiger partial charge in [0.05, 0.1) is 6.54 Å². The molecule has 9 heavy (non-hydrogen) atoms. The van der Waals surface area contributed by atoms with Crippen LogP contribution in [0.3, 0.4) is 0 Å². The van der Waals surface area contributed by atoms with Crippen LogP contribution in [0.5, 0.6) is 0 Å². The van der Waals surface area contributed by atoms with Gasteiger partial charge in [-0.3, -0.25) is 4.79 Å². The first kappa shape index (κ1) is 6.22. The second-order valence-electron chi connectivity index (χ2n) is 1.38. The number of rotatable bonds is 3. The van der Waals surface area contributed by atoms with Gasteiger partial charge in [0, 0.05) is 11.6 Å². The molecule has 0 spiro atoms. The van der Waals surface area contributed by atoms with Gasteiger partial charge in [-0.05, 0) is 0 Å². The fourth-order valence-electron chi connectivity index (χ4n) is 0.452. The first-order valence-electron chi connectivity index (χ1n) is 2.42. The van der Waals surface area contributed by atoms with Crippen LogP contribution in [0.2, 0.25) is 0 Å². The third-order valence-corrected chi connectivity index (χ3v) is 1.57. The van der Waals surface area contributed by atoms with Crippen LogP contribution in [0.4, 0.5) is 0 Å². The lowest BCUT2D eigenvalue weighted by Crippen LogP contribution is -2.08. The number of thiazole rings is 1. The molecule has 0 aromatic carbocycles. The molecule has 4 heteroatoms. The Morgan fingerprint density at radius 2 is 2.78 bits per heavy atom. The van der Waals surface area contributed by atoms with Crippen molar-refractivity contribution in [2.75, 3.05) is 0 Å². The van der Waals surface area contributed by atoms with Gasteiger partial charge >= 0.3 is 6.41 Å². The lowest BCUT2D eigenvalue weighted by Gasteiger charge is -1.87. The molecule has 0 saturated heterocycles. The number of hydrogen-bond acceptors (Lipinski definition) is 3. The molecule has 0 fully saturated rings. The molecule has 0 saturated carbocycles. The highest BCUT2D eigenvalue weighted by atomic mass is 32.1. The van der Waals surface area contributed by atoms with Crippen molar-refractivity contribution in [1.82, 2.24) is 10.3 Å². The van der Waals surface area contributed by atoms with Crippen molar-refractivity contribution in [2.24, 2.45) is 0 Å². The van der Waals surface area contributed by atoms with E-state index in [1.54, 1.807) is 12.6 Å². The van der Waals surface area contributed by atoms with E-state index in [1.165, 1.54) is 11.3 Å². The van der Waals surface area contributed by atoms with Gasteiger partial charge in [-0.2, -0.15) is 0 Å². The van der Waals surface area contributed by atoms with Gasteiger partial charge in [0.2, 0.25) is 0 Å². The molecule has 0 aliphatic carbocycles. The summed E-state index contributed by atoms with van der Waals surface area (Å²) in [5.41, 5.74) is 0. The van der Waals surface area contributed by atoms with Crippen molar-refractivity contribution in [3.05, 3.63) is 16.6 Å². The Labute approximate surface area is 56.7 Å². The Kier molecular flexibility index (Phi) is 2.21. The second-order valence-corrected chi connectivity index (χ2v) is 2.36. The Balaban J connectivity index is 2.38. The highest BCUT2D eigenvalue weighted by molar-refractivity contribution is 7.09. The lowest BCUT2D eigenvalue weighted by molar-refractivity contribution is 0.542. The van der Waals surface area contributed by atoms with Gasteiger partial charge < -0.3 is 5.32 Å². The summed E-state index contributed by atoms with van der Waals surface area (Å²) < 4.78 is 0. The van der Waals surface area contributed by atoms with E-state index in [0.717, 1.165) is 5.01 Å². The zero-order valence-electron chi connectivity index (χ0n) is 4.63. The molecule has 1 amide bonds. The second kappa shape index (κ2) is 3.19. The summed E-state index contributed by atoms with van der Waals surface area (Å²) in [5.74, 6) is 0. The fourth-order valence-corrected chi connectivity index (χ4v) is 1.01. The predicted molar refractivity (Wildman–Crippen MR) is 34.6 cm³/mol. The van der Waals surface area contributed by atoms with Crippen molar-refractivity contribution in [3.63, 3.8) is 0 Å². The highest BCUT2D eigenvalue weighted by Crippen LogP contribution is 2.01. The molecule has 0 atom stereocenters. The molecular weight excluding hydrogens is 136 g/mol. The molecule has 1 radical (unpaired) electrons. The third kappa shape index (κ3) is 1.81. The summed E-state index contributed by atoms with van der Waals surface area (Å²) in [7, 11) is 0. The average molecular weight is 141 g/mol. The number of amides is 1. The van der Waals surface area contributed by atoms with Gasteiger partial charge in [-0.15, -0.1) is 11.3 Å². The van der Waals surface area contributed by atoms with Crippen molar-refractivity contribution >= 4 is 17.7 Å². The summed E-state index contributed by atoms with van der Waals surface area (Å²) >= 11 is 1.51. The number of hydrogen-bond donors (Lipinski definition) is 1. The normalized spacial score (nSPS) is 8.89. The monoisotopic (exact) mass is 141 g/mol. The first-order valence-corrected chi connectivity index (χ1v) is 3.30. The highest BCUT2D eigenvalue weighted by Gasteiger charge is 1.90.